The maximum absolute atomic E-state index is 12.6. The van der Waals surface area contributed by atoms with Gasteiger partial charge in [0.1, 0.15) is 0 Å². The van der Waals surface area contributed by atoms with Gasteiger partial charge in [-0.1, -0.05) is 72.0 Å². The summed E-state index contributed by atoms with van der Waals surface area (Å²) in [7, 11) is 0. The lowest BCUT2D eigenvalue weighted by Gasteiger charge is -2.08. The summed E-state index contributed by atoms with van der Waals surface area (Å²) in [6.45, 7) is 0.330. The molecule has 5 heteroatoms. The van der Waals surface area contributed by atoms with Gasteiger partial charge in [0, 0.05) is 17.4 Å². The number of aromatic nitrogens is 1. The first kappa shape index (κ1) is 16.7. The van der Waals surface area contributed by atoms with Crippen molar-refractivity contribution in [3.05, 3.63) is 92.4 Å². The topological polar surface area (TPSA) is 54.6 Å². The number of para-hydroxylation sites is 1. The summed E-state index contributed by atoms with van der Waals surface area (Å²) in [4.78, 5) is 17.3. The molecule has 136 valence electrons. The summed E-state index contributed by atoms with van der Waals surface area (Å²) in [5, 5.41) is 12.9. The van der Waals surface area contributed by atoms with Crippen LogP contribution in [-0.2, 0) is 6.54 Å². The number of fused-ring (bicyclic) bond motifs is 2. The number of hydrogen-bond donors (Lipinski definition) is 1. The molecule has 1 aromatic heterocycles. The Balaban J connectivity index is 1.55. The fourth-order valence-corrected chi connectivity index (χ4v) is 4.38. The van der Waals surface area contributed by atoms with Gasteiger partial charge in [0.15, 0.2) is 0 Å². The van der Waals surface area contributed by atoms with Crippen molar-refractivity contribution in [1.29, 1.82) is 0 Å². The molecule has 0 amide bonds. The fourth-order valence-electron chi connectivity index (χ4n) is 3.54. The van der Waals surface area contributed by atoms with Gasteiger partial charge in [-0.25, -0.2) is 0 Å². The van der Waals surface area contributed by atoms with Crippen LogP contribution in [0.2, 0.25) is 0 Å². The second-order valence-corrected chi connectivity index (χ2v) is 7.65. The number of allylic oxidation sites excluding steroid dienone is 1. The number of hydrogen-bond acceptors (Lipinski definition) is 4. The van der Waals surface area contributed by atoms with E-state index in [0.717, 1.165) is 44.5 Å². The predicted octanol–water partition coefficient (Wildman–Crippen LogP) is 5.07. The van der Waals surface area contributed by atoms with E-state index in [0.29, 0.717) is 11.4 Å². The molecule has 0 saturated carbocycles. The SMILES string of the molecule is O=c1sc(/C=C2/C=Nc3ccccc32)c(O)n1Cc1cccc2ccccc12. The zero-order valence-corrected chi connectivity index (χ0v) is 15.7. The highest BCUT2D eigenvalue weighted by molar-refractivity contribution is 7.10. The van der Waals surface area contributed by atoms with Crippen LogP contribution in [0.1, 0.15) is 16.0 Å². The first-order chi connectivity index (χ1) is 13.7. The molecule has 0 bridgehead atoms. The van der Waals surface area contributed by atoms with E-state index < -0.39 is 0 Å². The highest BCUT2D eigenvalue weighted by Crippen LogP contribution is 2.34. The number of aliphatic imine (C=N–C) groups is 1. The van der Waals surface area contributed by atoms with Crippen LogP contribution in [0.25, 0.3) is 22.4 Å². The van der Waals surface area contributed by atoms with Crippen molar-refractivity contribution in [3.63, 3.8) is 0 Å². The van der Waals surface area contributed by atoms with Crippen molar-refractivity contribution in [2.24, 2.45) is 4.99 Å². The molecule has 0 saturated heterocycles. The van der Waals surface area contributed by atoms with Gasteiger partial charge < -0.3 is 5.11 Å². The summed E-state index contributed by atoms with van der Waals surface area (Å²) in [5.74, 6) is -0.00628. The van der Waals surface area contributed by atoms with E-state index in [9.17, 15) is 9.90 Å². The normalized spacial score (nSPS) is 14.1. The first-order valence-electron chi connectivity index (χ1n) is 8.95. The Hall–Kier alpha value is -3.44. The number of aromatic hydroxyl groups is 1. The lowest BCUT2D eigenvalue weighted by Crippen LogP contribution is -2.13. The van der Waals surface area contributed by atoms with Crippen LogP contribution in [0.3, 0.4) is 0 Å². The van der Waals surface area contributed by atoms with E-state index in [1.54, 1.807) is 6.21 Å². The molecule has 0 radical (unpaired) electrons. The monoisotopic (exact) mass is 384 g/mol. The smallest absolute Gasteiger partial charge is 0.310 e. The van der Waals surface area contributed by atoms with E-state index >= 15 is 0 Å². The van der Waals surface area contributed by atoms with Crippen LogP contribution >= 0.6 is 11.3 Å². The molecule has 3 aromatic carbocycles. The van der Waals surface area contributed by atoms with Gasteiger partial charge in [0.25, 0.3) is 0 Å². The molecule has 0 aliphatic carbocycles. The van der Waals surface area contributed by atoms with Crippen LogP contribution in [-0.4, -0.2) is 15.9 Å². The van der Waals surface area contributed by atoms with Gasteiger partial charge in [0.05, 0.1) is 17.1 Å². The van der Waals surface area contributed by atoms with E-state index in [1.807, 2.05) is 72.8 Å². The van der Waals surface area contributed by atoms with Crippen LogP contribution in [0.5, 0.6) is 5.88 Å². The van der Waals surface area contributed by atoms with Crippen molar-refractivity contribution in [2.45, 2.75) is 6.54 Å². The molecule has 1 N–H and O–H groups in total. The molecule has 2 heterocycles. The molecule has 0 fully saturated rings. The van der Waals surface area contributed by atoms with Gasteiger partial charge in [-0.3, -0.25) is 14.4 Å². The molecule has 28 heavy (non-hydrogen) atoms. The predicted molar refractivity (Wildman–Crippen MR) is 116 cm³/mol. The van der Waals surface area contributed by atoms with Gasteiger partial charge in [0.2, 0.25) is 5.88 Å². The molecule has 0 atom stereocenters. The van der Waals surface area contributed by atoms with Gasteiger partial charge in [-0.2, -0.15) is 0 Å². The van der Waals surface area contributed by atoms with Crippen molar-refractivity contribution in [1.82, 2.24) is 4.57 Å². The average Bonchev–Trinajstić information content (AvgIpc) is 3.25. The average molecular weight is 384 g/mol. The molecule has 0 spiro atoms. The standard InChI is InChI=1S/C23H16N2O2S/c26-22-21(12-17-13-24-20-11-4-3-10-19(17)20)28-23(27)25(22)14-16-8-5-7-15-6-1-2-9-18(15)16/h1-13,26H,14H2/b17-12-. The quantitative estimate of drug-likeness (QED) is 0.536. The van der Waals surface area contributed by atoms with Crippen LogP contribution in [0.4, 0.5) is 5.69 Å². The maximum atomic E-state index is 12.6. The lowest BCUT2D eigenvalue weighted by atomic mass is 10.0. The molecular formula is C23H16N2O2S. The summed E-state index contributed by atoms with van der Waals surface area (Å²) in [6, 6.07) is 21.9. The van der Waals surface area contributed by atoms with E-state index in [-0.39, 0.29) is 10.8 Å². The zero-order valence-electron chi connectivity index (χ0n) is 14.9. The molecule has 4 aromatic rings. The Kier molecular flexibility index (Phi) is 3.95. The third kappa shape index (κ3) is 2.77. The van der Waals surface area contributed by atoms with Crippen LogP contribution in [0.15, 0.2) is 76.5 Å². The Morgan fingerprint density at radius 2 is 1.79 bits per heavy atom. The Bertz CT molecular complexity index is 1320. The summed E-state index contributed by atoms with van der Waals surface area (Å²) < 4.78 is 1.43. The number of thiazole rings is 1. The first-order valence-corrected chi connectivity index (χ1v) is 9.77. The molecule has 1 aliphatic heterocycles. The molecule has 4 nitrogen and oxygen atoms in total. The Morgan fingerprint density at radius 3 is 2.71 bits per heavy atom. The van der Waals surface area contributed by atoms with Crippen molar-refractivity contribution >= 4 is 45.7 Å². The number of benzene rings is 3. The third-order valence-electron chi connectivity index (χ3n) is 4.95. The number of nitrogens with zero attached hydrogens (tertiary/aromatic N) is 2. The second kappa shape index (κ2) is 6.62. The fraction of sp³-hybridized carbons (Fsp3) is 0.0435. The molecule has 0 unspecified atom stereocenters. The Labute approximate surface area is 165 Å². The minimum atomic E-state index is -0.180. The molecular weight excluding hydrogens is 368 g/mol. The minimum absolute atomic E-state index is 0.00628. The van der Waals surface area contributed by atoms with Gasteiger partial charge in [-0.05, 0) is 28.5 Å². The summed E-state index contributed by atoms with van der Waals surface area (Å²) in [6.07, 6.45) is 3.60. The van der Waals surface area contributed by atoms with E-state index in [1.165, 1.54) is 4.57 Å². The van der Waals surface area contributed by atoms with Crippen molar-refractivity contribution in [3.8, 4) is 5.88 Å². The lowest BCUT2D eigenvalue weighted by molar-refractivity contribution is 0.421. The molecule has 1 aliphatic rings. The highest BCUT2D eigenvalue weighted by Gasteiger charge is 2.17. The molecule has 5 rings (SSSR count). The summed E-state index contributed by atoms with van der Waals surface area (Å²) in [5.41, 5.74) is 3.80. The largest absolute Gasteiger partial charge is 0.493 e. The maximum Gasteiger partial charge on any atom is 0.310 e. The minimum Gasteiger partial charge on any atom is -0.493 e. The van der Waals surface area contributed by atoms with Gasteiger partial charge >= 0.3 is 4.87 Å². The number of rotatable bonds is 3. The Morgan fingerprint density at radius 1 is 1.00 bits per heavy atom. The van der Waals surface area contributed by atoms with Crippen LogP contribution in [0, 0.1) is 0 Å². The van der Waals surface area contributed by atoms with Crippen LogP contribution < -0.4 is 4.87 Å². The van der Waals surface area contributed by atoms with Crippen molar-refractivity contribution in [2.75, 3.05) is 0 Å². The second-order valence-electron chi connectivity index (χ2n) is 6.66. The van der Waals surface area contributed by atoms with Gasteiger partial charge in [-0.15, -0.1) is 0 Å². The third-order valence-corrected chi connectivity index (χ3v) is 5.86. The highest BCUT2D eigenvalue weighted by atomic mass is 32.1. The van der Waals surface area contributed by atoms with Crippen molar-refractivity contribution < 1.29 is 5.11 Å². The van der Waals surface area contributed by atoms with E-state index in [4.69, 9.17) is 0 Å². The summed E-state index contributed by atoms with van der Waals surface area (Å²) >= 11 is 1.05. The van der Waals surface area contributed by atoms with E-state index in [2.05, 4.69) is 4.99 Å². The zero-order chi connectivity index (χ0) is 19.1.